The number of amides is 1. The molecule has 1 aliphatic heterocycles. The van der Waals surface area contributed by atoms with E-state index in [9.17, 15) is 22.0 Å². The van der Waals surface area contributed by atoms with E-state index < -0.39 is 27.7 Å². The van der Waals surface area contributed by atoms with Crippen LogP contribution in [0.5, 0.6) is 5.88 Å². The van der Waals surface area contributed by atoms with Gasteiger partial charge in [0.15, 0.2) is 5.01 Å². The van der Waals surface area contributed by atoms with Crippen LogP contribution < -0.4 is 14.8 Å². The van der Waals surface area contributed by atoms with Gasteiger partial charge in [0.1, 0.15) is 5.69 Å². The number of aromatic nitrogens is 3. The van der Waals surface area contributed by atoms with Crippen LogP contribution in [0.3, 0.4) is 0 Å². The smallest absolute Gasteiger partial charge is 0.355 e. The summed E-state index contributed by atoms with van der Waals surface area (Å²) >= 11 is 1.13. The highest BCUT2D eigenvalue weighted by Crippen LogP contribution is 2.32. The zero-order chi connectivity index (χ0) is 25.7. The molecule has 0 spiro atoms. The van der Waals surface area contributed by atoms with Crippen LogP contribution in [0.2, 0.25) is 0 Å². The second kappa shape index (κ2) is 11.2. The van der Waals surface area contributed by atoms with Gasteiger partial charge in [0, 0.05) is 24.4 Å². The molecule has 0 saturated carbocycles. The van der Waals surface area contributed by atoms with E-state index in [1.54, 1.807) is 12.3 Å². The summed E-state index contributed by atoms with van der Waals surface area (Å²) in [5.41, 5.74) is 1.02. The van der Waals surface area contributed by atoms with Crippen molar-refractivity contribution in [1.29, 1.82) is 0 Å². The molecule has 0 radical (unpaired) electrons. The van der Waals surface area contributed by atoms with Gasteiger partial charge in [0.2, 0.25) is 5.88 Å². The van der Waals surface area contributed by atoms with Crippen LogP contribution in [-0.4, -0.2) is 54.9 Å². The maximum Gasteiger partial charge on any atom is 0.355 e. The number of nitrogens with zero attached hydrogens (tertiary/aromatic N) is 3. The van der Waals surface area contributed by atoms with E-state index in [0.717, 1.165) is 11.3 Å². The van der Waals surface area contributed by atoms with E-state index >= 15 is 0 Å². The third kappa shape index (κ3) is 6.12. The van der Waals surface area contributed by atoms with Crippen molar-refractivity contribution in [2.75, 3.05) is 24.5 Å². The molecule has 14 heteroatoms. The van der Waals surface area contributed by atoms with Gasteiger partial charge in [-0.3, -0.25) is 14.5 Å². The van der Waals surface area contributed by atoms with Crippen molar-refractivity contribution in [3.05, 3.63) is 53.4 Å². The number of nitrogens with one attached hydrogen (secondary N) is 2. The predicted octanol–water partition coefficient (Wildman–Crippen LogP) is 3.47. The Morgan fingerprint density at radius 3 is 2.86 bits per heavy atom. The second-order valence-electron chi connectivity index (χ2n) is 7.81. The Labute approximate surface area is 210 Å². The first-order chi connectivity index (χ1) is 17.3. The first-order valence-corrected chi connectivity index (χ1v) is 13.3. The lowest BCUT2D eigenvalue weighted by molar-refractivity contribution is 0.0915. The first kappa shape index (κ1) is 25.9. The van der Waals surface area contributed by atoms with Crippen molar-refractivity contribution in [2.45, 2.75) is 25.1 Å². The van der Waals surface area contributed by atoms with E-state index in [-0.39, 0.29) is 16.6 Å². The van der Waals surface area contributed by atoms with Gasteiger partial charge in [-0.15, -0.1) is 11.3 Å². The number of benzene rings is 1. The van der Waals surface area contributed by atoms with Crippen molar-refractivity contribution < 1.29 is 31.5 Å². The van der Waals surface area contributed by atoms with Crippen LogP contribution in [0, 0.1) is 5.92 Å². The summed E-state index contributed by atoms with van der Waals surface area (Å²) in [4.78, 5) is 26.4. The van der Waals surface area contributed by atoms with Gasteiger partial charge >= 0.3 is 5.76 Å². The Balaban J connectivity index is 1.56. The Morgan fingerprint density at radius 1 is 1.31 bits per heavy atom. The zero-order valence-electron chi connectivity index (χ0n) is 19.1. The molecule has 2 atom stereocenters. The minimum absolute atomic E-state index is 0.0322. The summed E-state index contributed by atoms with van der Waals surface area (Å²) in [6.45, 7) is 3.15. The number of anilines is 1. The van der Waals surface area contributed by atoms with Gasteiger partial charge in [0.25, 0.3) is 15.9 Å². The number of carbonyl (C=O) groups excluding carboxylic acids is 1. The summed E-state index contributed by atoms with van der Waals surface area (Å²) in [6.07, 6.45) is 5.21. The number of carbonyl (C=O) groups is 1. The molecular weight excluding hydrogens is 516 g/mol. The number of thiazole rings is 1. The maximum absolute atomic E-state index is 13.1. The fraction of sp³-hybridized carbons (Fsp3) is 0.364. The topological polar surface area (TPSA) is 132 Å². The lowest BCUT2D eigenvalue weighted by Gasteiger charge is -2.24. The monoisotopic (exact) mass is 539 g/mol. The number of sulfonamides is 1. The minimum Gasteiger partial charge on any atom is -0.477 e. The average Bonchev–Trinajstić information content (AvgIpc) is 3.55. The molecule has 0 unspecified atom stereocenters. The number of alkyl halides is 2. The van der Waals surface area contributed by atoms with Crippen LogP contribution in [0.1, 0.15) is 34.8 Å². The van der Waals surface area contributed by atoms with Gasteiger partial charge in [-0.1, -0.05) is 12.1 Å². The van der Waals surface area contributed by atoms with Crippen molar-refractivity contribution in [3.8, 4) is 16.5 Å². The predicted molar refractivity (Wildman–Crippen MR) is 128 cm³/mol. The van der Waals surface area contributed by atoms with Crippen molar-refractivity contribution >= 4 is 33.0 Å². The summed E-state index contributed by atoms with van der Waals surface area (Å²) in [7, 11) is -4.83. The molecule has 1 aromatic carbocycles. The Bertz CT molecular complexity index is 1320. The number of halogens is 2. The largest absolute Gasteiger partial charge is 0.477 e. The van der Waals surface area contributed by atoms with Crippen LogP contribution in [0.25, 0.3) is 10.6 Å². The first-order valence-electron chi connectivity index (χ1n) is 11.0. The zero-order valence-corrected chi connectivity index (χ0v) is 20.7. The SMILES string of the molecule is CCOc1cncc(-c2cnc(C(=O)N[C@@H](c3cccc(NS(=O)(=O)C(F)F)c3)[C@H]3CCOC3)s2)n1. The molecule has 0 bridgehead atoms. The molecule has 192 valence electrons. The van der Waals surface area contributed by atoms with Crippen LogP contribution in [0.4, 0.5) is 14.5 Å². The van der Waals surface area contributed by atoms with E-state index in [1.165, 1.54) is 30.6 Å². The lowest BCUT2D eigenvalue weighted by atomic mass is 9.92. The second-order valence-corrected chi connectivity index (χ2v) is 10.5. The molecule has 3 aromatic rings. The van der Waals surface area contributed by atoms with Crippen molar-refractivity contribution in [2.24, 2.45) is 5.92 Å². The number of hydrogen-bond acceptors (Lipinski definition) is 9. The Morgan fingerprint density at radius 2 is 2.14 bits per heavy atom. The molecule has 2 N–H and O–H groups in total. The normalized spacial score (nSPS) is 16.6. The van der Waals surface area contributed by atoms with E-state index in [4.69, 9.17) is 9.47 Å². The molecule has 36 heavy (non-hydrogen) atoms. The van der Waals surface area contributed by atoms with Crippen LogP contribution in [-0.2, 0) is 14.8 Å². The van der Waals surface area contributed by atoms with E-state index in [2.05, 4.69) is 20.3 Å². The summed E-state index contributed by atoms with van der Waals surface area (Å²) in [5, 5.41) is 3.13. The third-order valence-electron chi connectivity index (χ3n) is 5.32. The van der Waals surface area contributed by atoms with Crippen LogP contribution in [0.15, 0.2) is 42.9 Å². The fourth-order valence-electron chi connectivity index (χ4n) is 3.68. The molecule has 1 amide bonds. The number of ether oxygens (including phenoxy) is 2. The van der Waals surface area contributed by atoms with Crippen LogP contribution >= 0.6 is 11.3 Å². The fourth-order valence-corrected chi connectivity index (χ4v) is 5.00. The molecule has 10 nitrogen and oxygen atoms in total. The highest BCUT2D eigenvalue weighted by atomic mass is 32.2. The van der Waals surface area contributed by atoms with Gasteiger partial charge in [-0.05, 0) is 31.0 Å². The third-order valence-corrected chi connectivity index (χ3v) is 7.33. The molecule has 0 aliphatic carbocycles. The summed E-state index contributed by atoms with van der Waals surface area (Å²) in [6, 6.07) is 5.43. The minimum atomic E-state index is -4.83. The summed E-state index contributed by atoms with van der Waals surface area (Å²) < 4.78 is 61.5. The lowest BCUT2D eigenvalue weighted by Crippen LogP contribution is -2.34. The van der Waals surface area contributed by atoms with E-state index in [0.29, 0.717) is 48.3 Å². The maximum atomic E-state index is 13.1. The van der Waals surface area contributed by atoms with Crippen molar-refractivity contribution in [1.82, 2.24) is 20.3 Å². The molecule has 1 aliphatic rings. The standard InChI is InChI=1S/C22H23F2N5O5S2/c1-2-34-18-11-25-9-16(27-18)17-10-26-21(35-17)20(30)28-19(14-6-7-33-12-14)13-4-3-5-15(8-13)29-36(31,32)22(23)24/h3-5,8-11,14,19,22,29H,2,6-7,12H2,1H3,(H,28,30)/t14-,19-/m0/s1. The Kier molecular flexibility index (Phi) is 8.06. The summed E-state index contributed by atoms with van der Waals surface area (Å²) in [5.74, 6) is -3.77. The number of hydrogen-bond donors (Lipinski definition) is 2. The quantitative estimate of drug-likeness (QED) is 0.400. The van der Waals surface area contributed by atoms with Gasteiger partial charge in [0.05, 0.1) is 36.5 Å². The van der Waals surface area contributed by atoms with Gasteiger partial charge < -0.3 is 14.8 Å². The molecule has 3 heterocycles. The molecule has 1 saturated heterocycles. The van der Waals surface area contributed by atoms with E-state index in [1.807, 2.05) is 11.6 Å². The molecule has 2 aromatic heterocycles. The average molecular weight is 540 g/mol. The van der Waals surface area contributed by atoms with Gasteiger partial charge in [-0.25, -0.2) is 18.4 Å². The molecular formula is C22H23F2N5O5S2. The highest BCUT2D eigenvalue weighted by Gasteiger charge is 2.30. The molecule has 4 rings (SSSR count). The molecule has 1 fully saturated rings. The Hall–Kier alpha value is -3.23. The van der Waals surface area contributed by atoms with Crippen molar-refractivity contribution in [3.63, 3.8) is 0 Å². The highest BCUT2D eigenvalue weighted by molar-refractivity contribution is 7.93. The number of rotatable bonds is 10. The van der Waals surface area contributed by atoms with Gasteiger partial charge in [-0.2, -0.15) is 8.78 Å².